The van der Waals surface area contributed by atoms with Crippen LogP contribution in [-0.2, 0) is 10.2 Å². The zero-order chi connectivity index (χ0) is 13.9. The predicted molar refractivity (Wildman–Crippen MR) is 77.3 cm³/mol. The maximum Gasteiger partial charge on any atom is 0.281 e. The van der Waals surface area contributed by atoms with Crippen molar-refractivity contribution in [1.82, 2.24) is 8.61 Å². The molecule has 1 saturated heterocycles. The van der Waals surface area contributed by atoms with E-state index < -0.39 is 10.2 Å². The number of nitrogens with zero attached hydrogens (tertiary/aromatic N) is 2. The fourth-order valence-electron chi connectivity index (χ4n) is 2.12. The number of anilines is 1. The second-order valence-corrected chi connectivity index (χ2v) is 6.89. The van der Waals surface area contributed by atoms with Crippen LogP contribution in [-0.4, -0.2) is 49.8 Å². The highest BCUT2D eigenvalue weighted by atomic mass is 32.2. The third-order valence-electron chi connectivity index (χ3n) is 3.25. The van der Waals surface area contributed by atoms with Gasteiger partial charge in [0.25, 0.3) is 10.2 Å². The van der Waals surface area contributed by atoms with Gasteiger partial charge < -0.3 is 5.32 Å². The first kappa shape index (κ1) is 14.3. The highest BCUT2D eigenvalue weighted by Gasteiger charge is 2.37. The molecule has 0 radical (unpaired) electrons. The van der Waals surface area contributed by atoms with Gasteiger partial charge >= 0.3 is 0 Å². The van der Waals surface area contributed by atoms with Crippen LogP contribution in [0.1, 0.15) is 13.3 Å². The Morgan fingerprint density at radius 3 is 2.53 bits per heavy atom. The molecule has 0 aromatic heterocycles. The van der Waals surface area contributed by atoms with Crippen LogP contribution in [0.25, 0.3) is 0 Å². The van der Waals surface area contributed by atoms with Gasteiger partial charge in [0.15, 0.2) is 0 Å². The molecular weight excluding hydrogens is 262 g/mol. The lowest BCUT2D eigenvalue weighted by molar-refractivity contribution is 0.259. The van der Waals surface area contributed by atoms with Crippen LogP contribution >= 0.6 is 0 Å². The van der Waals surface area contributed by atoms with E-state index in [0.29, 0.717) is 19.6 Å². The molecule has 1 fully saturated rings. The molecule has 1 N–H and O–H groups in total. The summed E-state index contributed by atoms with van der Waals surface area (Å²) in [5.74, 6) is 0. The van der Waals surface area contributed by atoms with Crippen molar-refractivity contribution in [3.63, 3.8) is 0 Å². The lowest BCUT2D eigenvalue weighted by Gasteiger charge is -2.40. The van der Waals surface area contributed by atoms with Gasteiger partial charge in [-0.15, -0.1) is 0 Å². The molecule has 1 aliphatic rings. The molecule has 0 bridgehead atoms. The number of para-hydroxylation sites is 1. The average Bonchev–Trinajstić information content (AvgIpc) is 2.34. The lowest BCUT2D eigenvalue weighted by atomic mass is 10.1. The van der Waals surface area contributed by atoms with E-state index in [4.69, 9.17) is 0 Å². The molecule has 0 atom stereocenters. The van der Waals surface area contributed by atoms with Crippen LogP contribution in [0.2, 0.25) is 0 Å². The lowest BCUT2D eigenvalue weighted by Crippen LogP contribution is -2.59. The fourth-order valence-corrected chi connectivity index (χ4v) is 3.66. The number of rotatable bonds is 6. The summed E-state index contributed by atoms with van der Waals surface area (Å²) in [6.07, 6.45) is 0.829. The van der Waals surface area contributed by atoms with E-state index in [0.717, 1.165) is 12.1 Å². The van der Waals surface area contributed by atoms with Gasteiger partial charge in [-0.25, -0.2) is 0 Å². The van der Waals surface area contributed by atoms with E-state index in [1.807, 2.05) is 37.3 Å². The van der Waals surface area contributed by atoms with Crippen molar-refractivity contribution < 1.29 is 8.42 Å². The molecule has 1 aliphatic heterocycles. The molecule has 0 amide bonds. The Bertz CT molecular complexity index is 498. The van der Waals surface area contributed by atoms with Crippen molar-refractivity contribution >= 4 is 15.9 Å². The van der Waals surface area contributed by atoms with Crippen LogP contribution < -0.4 is 5.32 Å². The Kier molecular flexibility index (Phi) is 4.44. The number of benzene rings is 1. The van der Waals surface area contributed by atoms with E-state index in [1.165, 1.54) is 8.61 Å². The number of hydrogen-bond donors (Lipinski definition) is 1. The van der Waals surface area contributed by atoms with Crippen LogP contribution in [0.15, 0.2) is 30.3 Å². The molecule has 1 aromatic carbocycles. The number of nitrogens with one attached hydrogen (secondary N) is 1. The normalized spacial score (nSPS) is 17.4. The Balaban J connectivity index is 1.86. The third kappa shape index (κ3) is 3.26. The quantitative estimate of drug-likeness (QED) is 0.858. The maximum absolute atomic E-state index is 12.1. The van der Waals surface area contributed by atoms with Gasteiger partial charge in [-0.2, -0.15) is 17.0 Å². The zero-order valence-corrected chi connectivity index (χ0v) is 12.2. The molecule has 1 heterocycles. The largest absolute Gasteiger partial charge is 0.380 e. The van der Waals surface area contributed by atoms with Crippen molar-refractivity contribution in [2.75, 3.05) is 32.0 Å². The first-order chi connectivity index (χ1) is 9.04. The van der Waals surface area contributed by atoms with Crippen molar-refractivity contribution in [3.8, 4) is 0 Å². The van der Waals surface area contributed by atoms with Gasteiger partial charge in [0, 0.05) is 32.4 Å². The molecule has 1 aromatic rings. The maximum atomic E-state index is 12.1. The van der Waals surface area contributed by atoms with Crippen LogP contribution in [0, 0.1) is 0 Å². The molecule has 0 unspecified atom stereocenters. The van der Waals surface area contributed by atoms with Crippen LogP contribution in [0.5, 0.6) is 0 Å². The van der Waals surface area contributed by atoms with Gasteiger partial charge in [-0.3, -0.25) is 0 Å². The fraction of sp³-hybridized carbons (Fsp3) is 0.538. The summed E-state index contributed by atoms with van der Waals surface area (Å²) in [6, 6.07) is 10.1. The van der Waals surface area contributed by atoms with Crippen molar-refractivity contribution in [1.29, 1.82) is 0 Å². The molecule has 0 aliphatic carbocycles. The van der Waals surface area contributed by atoms with Crippen molar-refractivity contribution in [2.45, 2.75) is 19.4 Å². The second-order valence-electron chi connectivity index (χ2n) is 4.85. The van der Waals surface area contributed by atoms with Crippen molar-refractivity contribution in [3.05, 3.63) is 30.3 Å². The molecule has 6 heteroatoms. The molecule has 19 heavy (non-hydrogen) atoms. The van der Waals surface area contributed by atoms with E-state index in [9.17, 15) is 8.42 Å². The minimum absolute atomic E-state index is 0.201. The summed E-state index contributed by atoms with van der Waals surface area (Å²) in [7, 11) is -1.63. The van der Waals surface area contributed by atoms with Gasteiger partial charge in [0.2, 0.25) is 0 Å². The van der Waals surface area contributed by atoms with E-state index in [2.05, 4.69) is 5.32 Å². The Hall–Kier alpha value is -1.11. The molecule has 0 spiro atoms. The van der Waals surface area contributed by atoms with Gasteiger partial charge in [0.1, 0.15) is 0 Å². The summed E-state index contributed by atoms with van der Waals surface area (Å²) in [5.41, 5.74) is 1.03. The van der Waals surface area contributed by atoms with E-state index >= 15 is 0 Å². The predicted octanol–water partition coefficient (Wildman–Crippen LogP) is 1.37. The Morgan fingerprint density at radius 1 is 1.32 bits per heavy atom. The van der Waals surface area contributed by atoms with E-state index in [1.54, 1.807) is 7.05 Å². The molecule has 2 rings (SSSR count). The molecular formula is C13H21N3O2S. The SMILES string of the molecule is CCCN(C)S(=O)(=O)N1CC(Nc2ccccc2)C1. The minimum Gasteiger partial charge on any atom is -0.380 e. The third-order valence-corrected chi connectivity index (χ3v) is 5.17. The smallest absolute Gasteiger partial charge is 0.281 e. The van der Waals surface area contributed by atoms with Gasteiger partial charge in [-0.1, -0.05) is 25.1 Å². The van der Waals surface area contributed by atoms with Gasteiger partial charge in [-0.05, 0) is 18.6 Å². The van der Waals surface area contributed by atoms with Crippen molar-refractivity contribution in [2.24, 2.45) is 0 Å². The molecule has 5 nitrogen and oxygen atoms in total. The summed E-state index contributed by atoms with van der Waals surface area (Å²) in [5, 5.41) is 3.33. The second kappa shape index (κ2) is 5.90. The highest BCUT2D eigenvalue weighted by molar-refractivity contribution is 7.86. The standard InChI is InChI=1S/C13H21N3O2S/c1-3-9-15(2)19(17,18)16-10-13(11-16)14-12-7-5-4-6-8-12/h4-8,13-14H,3,9-11H2,1-2H3. The Labute approximate surface area is 115 Å². The monoisotopic (exact) mass is 283 g/mol. The number of hydrogen-bond acceptors (Lipinski definition) is 3. The average molecular weight is 283 g/mol. The van der Waals surface area contributed by atoms with Gasteiger partial charge in [0.05, 0.1) is 6.04 Å². The minimum atomic E-state index is -3.26. The summed E-state index contributed by atoms with van der Waals surface area (Å²) in [6.45, 7) is 3.61. The molecule has 0 saturated carbocycles. The Morgan fingerprint density at radius 2 is 1.95 bits per heavy atom. The zero-order valence-electron chi connectivity index (χ0n) is 11.4. The first-order valence-corrected chi connectivity index (χ1v) is 7.96. The highest BCUT2D eigenvalue weighted by Crippen LogP contribution is 2.20. The summed E-state index contributed by atoms with van der Waals surface area (Å²) in [4.78, 5) is 0. The molecule has 106 valence electrons. The summed E-state index contributed by atoms with van der Waals surface area (Å²) >= 11 is 0. The van der Waals surface area contributed by atoms with Crippen LogP contribution in [0.3, 0.4) is 0 Å². The summed E-state index contributed by atoms with van der Waals surface area (Å²) < 4.78 is 27.2. The van der Waals surface area contributed by atoms with E-state index in [-0.39, 0.29) is 6.04 Å². The first-order valence-electron chi connectivity index (χ1n) is 6.57. The topological polar surface area (TPSA) is 52.7 Å². The van der Waals surface area contributed by atoms with Crippen LogP contribution in [0.4, 0.5) is 5.69 Å².